The Balaban J connectivity index is 2.05. The zero-order chi connectivity index (χ0) is 16.0. The molecule has 0 saturated heterocycles. The van der Waals surface area contributed by atoms with E-state index in [9.17, 15) is 0 Å². The number of hydrogen-bond donors (Lipinski definition) is 1. The minimum absolute atomic E-state index is 0.394. The zero-order valence-corrected chi connectivity index (χ0v) is 29.7. The standard InChI is InChI=1S/C18H18N.Ra.Rb.Re.H/c1-12-7-8-14(9-13(12)2)10-15-5-3-4-6-16(15)17-11-18(17)19;;;;/h3-6,17-18H,10-11,19H2,1-2H3;;;;. The van der Waals surface area contributed by atoms with E-state index < -0.39 is 0 Å². The molecule has 3 rings (SSSR count). The van der Waals surface area contributed by atoms with Crippen molar-refractivity contribution in [2.45, 2.75) is 38.6 Å². The summed E-state index contributed by atoms with van der Waals surface area (Å²) in [4.78, 5) is 0. The molecule has 2 unspecified atom stereocenters. The third-order valence-electron chi connectivity index (χ3n) is 5.40. The van der Waals surface area contributed by atoms with Crippen molar-refractivity contribution in [1.82, 2.24) is 0 Å². The van der Waals surface area contributed by atoms with Gasteiger partial charge >= 0.3 is 217 Å². The monoisotopic (exact) mass is 747 g/mol. The number of nitrogens with two attached hydrogens (primary N) is 1. The molecule has 0 amide bonds. The van der Waals surface area contributed by atoms with Crippen LogP contribution in [0.2, 0.25) is 0 Å². The van der Waals surface area contributed by atoms with Crippen molar-refractivity contribution in [1.29, 1.82) is 0 Å². The van der Waals surface area contributed by atoms with Crippen molar-refractivity contribution in [3.8, 4) is 0 Å². The van der Waals surface area contributed by atoms with Crippen molar-refractivity contribution >= 4 is 58.8 Å². The molecule has 2 aromatic rings. The van der Waals surface area contributed by atoms with Crippen LogP contribution in [-0.4, -0.2) is 61.6 Å². The average molecular weight is 747 g/mol. The molecule has 2 atom stereocenters. The van der Waals surface area contributed by atoms with Gasteiger partial charge in [0.1, 0.15) is 0 Å². The minimum atomic E-state index is 0.394. The molecule has 1 aliphatic rings. The molecule has 1 fully saturated rings. The first-order valence-corrected chi connectivity index (χ1v) is 15.9. The fraction of sp³-hybridized carbons (Fsp3) is 0.333. The zero-order valence-electron chi connectivity index (χ0n) is 13.8. The SMILES string of the molecule is Cc1c(C)[c]([Re])c(Cc2ccccc2C2CC2N)[c]([RaH])[c]1[Rb]. The van der Waals surface area contributed by atoms with Gasteiger partial charge < -0.3 is 0 Å². The second-order valence-corrected chi connectivity index (χ2v) is 14.6. The second-order valence-electron chi connectivity index (χ2n) is 6.67. The van der Waals surface area contributed by atoms with Crippen LogP contribution in [0.15, 0.2) is 24.3 Å². The van der Waals surface area contributed by atoms with Crippen LogP contribution in [0.1, 0.15) is 40.2 Å². The van der Waals surface area contributed by atoms with E-state index in [1.807, 2.05) is 19.2 Å². The third kappa shape index (κ3) is 3.86. The van der Waals surface area contributed by atoms with Crippen LogP contribution in [0, 0.1) is 56.6 Å². The van der Waals surface area contributed by atoms with Gasteiger partial charge in [-0.3, -0.25) is 0 Å². The van der Waals surface area contributed by atoms with E-state index in [1.165, 1.54) is 17.5 Å². The Labute approximate surface area is 212 Å². The van der Waals surface area contributed by atoms with Crippen LogP contribution in [0.4, 0.5) is 0 Å². The maximum atomic E-state index is 6.11. The molecular formula is C18H19NRaRbRe. The summed E-state index contributed by atoms with van der Waals surface area (Å²) in [6.07, 6.45) is 2.30. The third-order valence-corrected chi connectivity index (χ3v) is 26.6. The summed E-state index contributed by atoms with van der Waals surface area (Å²) in [5, 5.41) is 0. The van der Waals surface area contributed by atoms with Gasteiger partial charge in [0.25, 0.3) is 0 Å². The Morgan fingerprint density at radius 3 is 2.55 bits per heavy atom. The van der Waals surface area contributed by atoms with E-state index in [1.54, 1.807) is 20.0 Å². The van der Waals surface area contributed by atoms with Crippen LogP contribution in [0.25, 0.3) is 0 Å². The van der Waals surface area contributed by atoms with E-state index in [-0.39, 0.29) is 0 Å². The first kappa shape index (κ1) is 19.1. The van der Waals surface area contributed by atoms with Crippen LogP contribution in [0.3, 0.4) is 0 Å². The van der Waals surface area contributed by atoms with Gasteiger partial charge in [-0.2, -0.15) is 0 Å². The molecule has 0 bridgehead atoms. The van der Waals surface area contributed by atoms with Crippen LogP contribution >= 0.6 is 0 Å². The molecule has 22 heavy (non-hydrogen) atoms. The Hall–Kier alpha value is 2.34. The van der Waals surface area contributed by atoms with E-state index in [0.717, 1.165) is 6.42 Å². The predicted octanol–water partition coefficient (Wildman–Crippen LogP) is 0.582. The normalized spacial score (nSPS) is 20.2. The number of hydrogen-bond acceptors (Lipinski definition) is 1. The molecule has 2 N–H and O–H groups in total. The summed E-state index contributed by atoms with van der Waals surface area (Å²) in [5.41, 5.74) is 14.0. The topological polar surface area (TPSA) is 26.0 Å². The van der Waals surface area contributed by atoms with E-state index in [4.69, 9.17) is 5.73 Å². The van der Waals surface area contributed by atoms with Crippen LogP contribution in [0.5, 0.6) is 0 Å². The van der Waals surface area contributed by atoms with Crippen LogP contribution < -0.4 is 9.01 Å². The summed E-state index contributed by atoms with van der Waals surface area (Å²) in [5.74, 6) is 0.610. The molecule has 1 nitrogen and oxygen atoms in total. The van der Waals surface area contributed by atoms with Crippen molar-refractivity contribution in [2.24, 2.45) is 5.73 Å². The molecule has 4 heteroatoms. The Morgan fingerprint density at radius 2 is 1.91 bits per heavy atom. The molecule has 0 radical (unpaired) electrons. The molecule has 1 aliphatic carbocycles. The van der Waals surface area contributed by atoms with Gasteiger partial charge in [-0.25, -0.2) is 0 Å². The Morgan fingerprint density at radius 1 is 1.27 bits per heavy atom. The van der Waals surface area contributed by atoms with Gasteiger partial charge in [0, 0.05) is 0 Å². The predicted molar refractivity (Wildman–Crippen MR) is 86.5 cm³/mol. The molecule has 1 saturated carbocycles. The first-order valence-electron chi connectivity index (χ1n) is 8.00. The molecule has 0 spiro atoms. The van der Waals surface area contributed by atoms with Crippen molar-refractivity contribution in [2.75, 3.05) is 0 Å². The fourth-order valence-electron chi connectivity index (χ4n) is 3.37. The van der Waals surface area contributed by atoms with Crippen molar-refractivity contribution < 1.29 is 62.0 Å². The Kier molecular flexibility index (Phi) is 6.88. The number of benzene rings is 2. The van der Waals surface area contributed by atoms with E-state index in [0.29, 0.717) is 110 Å². The molecule has 0 aromatic heterocycles. The summed E-state index contributed by atoms with van der Waals surface area (Å²) in [7, 11) is 0. The average Bonchev–Trinajstić information content (AvgIpc) is 3.24. The number of rotatable bonds is 3. The van der Waals surface area contributed by atoms with Crippen LogP contribution in [-0.2, 0) is 25.6 Å². The van der Waals surface area contributed by atoms with Gasteiger partial charge in [0.15, 0.2) is 0 Å². The molecular weight excluding hydrogens is 728 g/mol. The van der Waals surface area contributed by atoms with Gasteiger partial charge in [0.05, 0.1) is 0 Å². The molecule has 0 aliphatic heterocycles. The van der Waals surface area contributed by atoms with Crippen molar-refractivity contribution in [3.05, 3.63) is 52.1 Å². The van der Waals surface area contributed by atoms with Crippen molar-refractivity contribution in [3.63, 3.8) is 0 Å². The molecule has 106 valence electrons. The van der Waals surface area contributed by atoms with E-state index >= 15 is 0 Å². The summed E-state index contributed by atoms with van der Waals surface area (Å²) in [6, 6.07) is 9.40. The quantitative estimate of drug-likeness (QED) is 0.490. The van der Waals surface area contributed by atoms with Gasteiger partial charge in [-0.15, -0.1) is 0 Å². The van der Waals surface area contributed by atoms with Gasteiger partial charge in [-0.05, 0) is 0 Å². The summed E-state index contributed by atoms with van der Waals surface area (Å²) >= 11 is 2.90. The van der Waals surface area contributed by atoms with E-state index in [2.05, 4.69) is 38.1 Å². The maximum absolute atomic E-state index is 6.11. The fourth-order valence-corrected chi connectivity index (χ4v) is 12.3. The Bertz CT molecular complexity index is 715. The molecule has 2 aromatic carbocycles. The van der Waals surface area contributed by atoms with Gasteiger partial charge in [-0.1, -0.05) is 0 Å². The first-order chi connectivity index (χ1) is 10.4. The summed E-state index contributed by atoms with van der Waals surface area (Å²) < 4.78 is 5.16. The molecule has 0 heterocycles. The summed E-state index contributed by atoms with van der Waals surface area (Å²) in [6.45, 7) is 4.67. The van der Waals surface area contributed by atoms with Gasteiger partial charge in [0.2, 0.25) is 0 Å². The second kappa shape index (κ2) is 7.92.